The number of unbranched alkanes of at least 4 members (excludes halogenated alkanes) is 15. The van der Waals surface area contributed by atoms with Crippen LogP contribution in [-0.4, -0.2) is 106 Å². The minimum absolute atomic E-state index is 0.0526. The van der Waals surface area contributed by atoms with Crippen LogP contribution in [0.5, 0.6) is 5.75 Å². The van der Waals surface area contributed by atoms with E-state index in [4.69, 9.17) is 29.4 Å². The number of urea groups is 2. The predicted molar refractivity (Wildman–Crippen MR) is 334 cm³/mol. The first kappa shape index (κ1) is 76.6. The van der Waals surface area contributed by atoms with Crippen LogP contribution in [0.15, 0.2) is 48.5 Å². The number of ether oxygens (including phenoxy) is 5. The highest BCUT2D eigenvalue weighted by atomic mass is 16.7. The number of nitrogens with zero attached hydrogens (tertiary/aromatic N) is 1. The van der Waals surface area contributed by atoms with Crippen molar-refractivity contribution in [2.45, 2.75) is 265 Å². The topological polar surface area (TPSA) is 341 Å². The monoisotopic (exact) mass is 1240 g/mol. The first-order valence-electron chi connectivity index (χ1n) is 31.2. The van der Waals surface area contributed by atoms with E-state index in [0.29, 0.717) is 36.9 Å². The summed E-state index contributed by atoms with van der Waals surface area (Å²) < 4.78 is 26.7. The molecule has 0 saturated carbocycles. The van der Waals surface area contributed by atoms with Gasteiger partial charge in [0.1, 0.15) is 53.3 Å². The molecule has 0 spiro atoms. The fraction of sp³-hybridized carbons (Fsp3) is 0.672. The molecule has 0 bridgehead atoms. The van der Waals surface area contributed by atoms with E-state index in [1.165, 1.54) is 49.9 Å². The highest BCUT2D eigenvalue weighted by Crippen LogP contribution is 2.21. The van der Waals surface area contributed by atoms with E-state index in [0.717, 1.165) is 64.2 Å². The third kappa shape index (κ3) is 36.6. The number of nitrogens with two attached hydrogens (primary N) is 1. The molecular weight excluding hydrogens is 1140 g/mol. The van der Waals surface area contributed by atoms with Gasteiger partial charge in [0.05, 0.1) is 4.92 Å². The van der Waals surface area contributed by atoms with Gasteiger partial charge in [-0.15, -0.1) is 0 Å². The van der Waals surface area contributed by atoms with Crippen molar-refractivity contribution < 1.29 is 71.8 Å². The second kappa shape index (κ2) is 40.1. The highest BCUT2D eigenvalue weighted by molar-refractivity contribution is 5.98. The number of nitrogens with one attached hydrogen (secondary N) is 6. The molecule has 88 heavy (non-hydrogen) atoms. The number of esters is 3. The summed E-state index contributed by atoms with van der Waals surface area (Å²) in [5, 5.41) is 27.1. The number of nitro benzene ring substituents is 1. The Bertz CT molecular complexity index is 2500. The first-order chi connectivity index (χ1) is 41.3. The molecule has 2 rings (SSSR count). The Kier molecular flexibility index (Phi) is 34.9. The fourth-order valence-corrected chi connectivity index (χ4v) is 9.01. The Morgan fingerprint density at radius 3 is 1.47 bits per heavy atom. The molecule has 4 atom stereocenters. The van der Waals surface area contributed by atoms with Gasteiger partial charge in [-0.2, -0.15) is 0 Å². The van der Waals surface area contributed by atoms with Crippen LogP contribution in [0.2, 0.25) is 0 Å². The summed E-state index contributed by atoms with van der Waals surface area (Å²) >= 11 is 0. The van der Waals surface area contributed by atoms with Gasteiger partial charge < -0.3 is 61.3 Å². The molecule has 8 N–H and O–H groups in total. The summed E-state index contributed by atoms with van der Waals surface area (Å²) in [6, 6.07) is 5.80. The molecular formula is C64H102N8O16. The van der Waals surface area contributed by atoms with Crippen molar-refractivity contribution in [3.05, 3.63) is 64.2 Å². The maximum Gasteiger partial charge on any atom is 0.514 e. The van der Waals surface area contributed by atoms with E-state index in [1.54, 1.807) is 100 Å². The summed E-state index contributed by atoms with van der Waals surface area (Å²) in [5.41, 5.74) is 3.67. The molecule has 0 fully saturated rings. The van der Waals surface area contributed by atoms with Crippen LogP contribution in [0.25, 0.3) is 0 Å². The fourth-order valence-electron chi connectivity index (χ4n) is 9.01. The number of carbonyl (C=O) groups excluding carboxylic acids is 9. The van der Waals surface area contributed by atoms with E-state index in [9.17, 15) is 53.3 Å². The largest absolute Gasteiger partial charge is 0.514 e. The second-order valence-electron chi connectivity index (χ2n) is 25.5. The van der Waals surface area contributed by atoms with Gasteiger partial charge in [-0.3, -0.25) is 29.3 Å². The Morgan fingerprint density at radius 1 is 0.534 bits per heavy atom. The molecule has 0 radical (unpaired) electrons. The molecule has 0 unspecified atom stereocenters. The van der Waals surface area contributed by atoms with Gasteiger partial charge >= 0.3 is 36.1 Å². The zero-order valence-electron chi connectivity index (χ0n) is 54.0. The average molecular weight is 1240 g/mol. The van der Waals surface area contributed by atoms with E-state index in [2.05, 4.69) is 31.9 Å². The number of benzene rings is 2. The summed E-state index contributed by atoms with van der Waals surface area (Å²) in [6.45, 7) is 19.2. The van der Waals surface area contributed by atoms with Crippen LogP contribution in [-0.2, 0) is 54.3 Å². The lowest BCUT2D eigenvalue weighted by molar-refractivity contribution is -0.384. The van der Waals surface area contributed by atoms with Crippen molar-refractivity contribution in [2.24, 2.45) is 11.7 Å². The molecule has 0 saturated heterocycles. The van der Waals surface area contributed by atoms with Crippen molar-refractivity contribution in [1.29, 1.82) is 0 Å². The maximum absolute atomic E-state index is 13.7. The molecule has 24 heteroatoms. The van der Waals surface area contributed by atoms with Crippen molar-refractivity contribution in [1.82, 2.24) is 26.6 Å². The number of carbonyl (C=O) groups is 9. The molecule has 0 heterocycles. The van der Waals surface area contributed by atoms with Gasteiger partial charge in [-0.25, -0.2) is 24.0 Å². The summed E-state index contributed by atoms with van der Waals surface area (Å²) in [7, 11) is 0. The Balaban J connectivity index is 1.69. The van der Waals surface area contributed by atoms with Crippen LogP contribution in [0.3, 0.4) is 0 Å². The third-order valence-electron chi connectivity index (χ3n) is 13.4. The van der Waals surface area contributed by atoms with Gasteiger partial charge in [0.25, 0.3) is 5.69 Å². The number of hydrogen-bond acceptors (Lipinski definition) is 16. The third-order valence-corrected chi connectivity index (χ3v) is 13.4. The normalized spacial score (nSPS) is 12.9. The highest BCUT2D eigenvalue weighted by Gasteiger charge is 2.32. The SMILES string of the molecule is CC(C)[C@H](NC(=O)CCCCCCCCCCCCCCCCCC[C@H](NC(=O)N[C@@H](CCC(=O)OC(C)(C)C)C(=O)OC(C)(C)C)C(=O)OC(C)(C)C)C(=O)N[C@@H](CCCNC(N)=O)C(=O)Nc1ccc(COC(=O)Oc2ccc([N+](=O)[O-])cc2)cc1. The molecule has 494 valence electrons. The zero-order valence-corrected chi connectivity index (χ0v) is 54.0. The van der Waals surface area contributed by atoms with E-state index in [-0.39, 0.29) is 62.1 Å². The molecule has 0 aliphatic heterocycles. The van der Waals surface area contributed by atoms with Gasteiger partial charge in [0.15, 0.2) is 0 Å². The second-order valence-corrected chi connectivity index (χ2v) is 25.5. The molecule has 0 aromatic heterocycles. The van der Waals surface area contributed by atoms with Crippen LogP contribution in [0.1, 0.15) is 223 Å². The Labute approximate surface area is 520 Å². The van der Waals surface area contributed by atoms with E-state index >= 15 is 0 Å². The average Bonchev–Trinajstić information content (AvgIpc) is 2.49. The van der Waals surface area contributed by atoms with Crippen molar-refractivity contribution in [3.63, 3.8) is 0 Å². The lowest BCUT2D eigenvalue weighted by atomic mass is 10.0. The summed E-state index contributed by atoms with van der Waals surface area (Å²) in [6.07, 6.45) is 16.4. The number of primary amides is 1. The van der Waals surface area contributed by atoms with Crippen LogP contribution in [0, 0.1) is 16.0 Å². The quantitative estimate of drug-likeness (QED) is 0.00814. The van der Waals surface area contributed by atoms with Crippen molar-refractivity contribution in [2.75, 3.05) is 11.9 Å². The number of non-ortho nitro benzene ring substituents is 1. The number of anilines is 1. The number of hydrogen-bond donors (Lipinski definition) is 7. The summed E-state index contributed by atoms with van der Waals surface area (Å²) in [4.78, 5) is 126. The van der Waals surface area contributed by atoms with Crippen LogP contribution >= 0.6 is 0 Å². The molecule has 0 aliphatic carbocycles. The number of rotatable bonds is 40. The Hall–Kier alpha value is -7.53. The molecule has 7 amide bonds. The number of amides is 7. The lowest BCUT2D eigenvalue weighted by Gasteiger charge is -2.27. The Morgan fingerprint density at radius 2 is 1.00 bits per heavy atom. The van der Waals surface area contributed by atoms with E-state index < -0.39 is 93.8 Å². The standard InChI is InChI=1S/C64H102N8O16/c1-44(2)54(56(76)68-49(30-28-42-66-59(65)79)55(75)67-46-34-32-45(33-35-46)43-84-61(81)85-48-38-36-47(37-39-48)72(82)83)71-52(73)31-27-25-23-21-19-17-15-13-12-14-16-18-20-22-24-26-29-50(57(77)87-63(6,7)8)69-60(80)70-51(58(78)88-64(9,10)11)40-41-53(74)86-62(3,4)5/h32-39,44,49-51,54H,12-31,40-43H2,1-11H3,(H,67,75)(H,68,76)(H,71,73)(H3,65,66,79)(H2,69,70,80)/t49-,50-,51-,54-/m0/s1. The zero-order chi connectivity index (χ0) is 65.9. The minimum Gasteiger partial charge on any atom is -0.460 e. The van der Waals surface area contributed by atoms with Gasteiger partial charge in [-0.05, 0) is 130 Å². The molecule has 0 aliphatic rings. The van der Waals surface area contributed by atoms with Gasteiger partial charge in [0.2, 0.25) is 17.7 Å². The smallest absolute Gasteiger partial charge is 0.460 e. The van der Waals surface area contributed by atoms with Gasteiger partial charge in [-0.1, -0.05) is 122 Å². The van der Waals surface area contributed by atoms with E-state index in [1.807, 2.05) is 0 Å². The molecule has 2 aromatic carbocycles. The minimum atomic E-state index is -1.16. The molecule has 24 nitrogen and oxygen atoms in total. The van der Waals surface area contributed by atoms with Crippen LogP contribution in [0.4, 0.5) is 25.8 Å². The van der Waals surface area contributed by atoms with Gasteiger partial charge in [0, 0.05) is 37.2 Å². The molecule has 2 aromatic rings. The van der Waals surface area contributed by atoms with Crippen molar-refractivity contribution >= 4 is 65.2 Å². The number of nitro groups is 1. The maximum atomic E-state index is 13.7. The van der Waals surface area contributed by atoms with Crippen LogP contribution < -0.4 is 42.4 Å². The predicted octanol–water partition coefficient (Wildman–Crippen LogP) is 11.2. The lowest BCUT2D eigenvalue weighted by Crippen LogP contribution is -2.54. The first-order valence-corrected chi connectivity index (χ1v) is 31.2. The van der Waals surface area contributed by atoms with Crippen molar-refractivity contribution in [3.8, 4) is 5.75 Å². The summed E-state index contributed by atoms with van der Waals surface area (Å²) in [5.74, 6) is -3.34.